The van der Waals surface area contributed by atoms with Crippen LogP contribution in [0.1, 0.15) is 20.8 Å². The summed E-state index contributed by atoms with van der Waals surface area (Å²) < 4.78 is 11.1. The first-order valence-electron chi connectivity index (χ1n) is 8.72. The molecular formula is C20H23N3O4. The molecule has 1 N–H and O–H groups in total. The number of azo groups is 1. The van der Waals surface area contributed by atoms with Crippen molar-refractivity contribution in [3.63, 3.8) is 0 Å². The van der Waals surface area contributed by atoms with Gasteiger partial charge in [-0.1, -0.05) is 24.3 Å². The summed E-state index contributed by atoms with van der Waals surface area (Å²) in [5.41, 5.74) is 0.925. The number of para-hydroxylation sites is 1. The Labute approximate surface area is 158 Å². The summed E-state index contributed by atoms with van der Waals surface area (Å²) in [6.07, 6.45) is 0. The number of benzene rings is 2. The Morgan fingerprint density at radius 3 is 2.07 bits per heavy atom. The van der Waals surface area contributed by atoms with Crippen molar-refractivity contribution in [2.45, 2.75) is 26.8 Å². The van der Waals surface area contributed by atoms with Gasteiger partial charge >= 0.3 is 0 Å². The maximum Gasteiger partial charge on any atom is 0.258 e. The molecule has 7 nitrogen and oxygen atoms in total. The van der Waals surface area contributed by atoms with Crippen LogP contribution in [0, 0.1) is 0 Å². The van der Waals surface area contributed by atoms with Crippen molar-refractivity contribution < 1.29 is 19.1 Å². The fourth-order valence-electron chi connectivity index (χ4n) is 2.31. The van der Waals surface area contributed by atoms with Gasteiger partial charge in [-0.3, -0.25) is 9.59 Å². The number of ether oxygens (including phenoxy) is 2. The van der Waals surface area contributed by atoms with Crippen LogP contribution in [0.25, 0.3) is 0 Å². The Morgan fingerprint density at radius 1 is 0.963 bits per heavy atom. The van der Waals surface area contributed by atoms with Crippen LogP contribution < -0.4 is 14.8 Å². The molecule has 0 saturated carbocycles. The Hall–Kier alpha value is -3.22. The Kier molecular flexibility index (Phi) is 7.49. The third-order valence-electron chi connectivity index (χ3n) is 3.51. The number of hydrogen-bond acceptors (Lipinski definition) is 6. The number of carbonyl (C=O) groups excluding carboxylic acids is 2. The lowest BCUT2D eigenvalue weighted by molar-refractivity contribution is -0.126. The summed E-state index contributed by atoms with van der Waals surface area (Å²) in [4.78, 5) is 24.4. The van der Waals surface area contributed by atoms with Gasteiger partial charge in [0.15, 0.2) is 23.0 Å². The molecule has 1 amide bonds. The molecule has 27 heavy (non-hydrogen) atoms. The van der Waals surface area contributed by atoms with Crippen LogP contribution >= 0.6 is 0 Å². The number of ketones is 1. The molecular weight excluding hydrogens is 346 g/mol. The molecule has 0 aliphatic heterocycles. The van der Waals surface area contributed by atoms with Crippen molar-refractivity contribution in [3.05, 3.63) is 48.5 Å². The monoisotopic (exact) mass is 369 g/mol. The second-order valence-corrected chi connectivity index (χ2v) is 5.55. The topological polar surface area (TPSA) is 89.3 Å². The molecule has 7 heteroatoms. The molecule has 1 unspecified atom stereocenters. The molecule has 142 valence electrons. The number of amides is 1. The van der Waals surface area contributed by atoms with E-state index in [9.17, 15) is 9.59 Å². The van der Waals surface area contributed by atoms with Gasteiger partial charge in [-0.2, -0.15) is 5.11 Å². The summed E-state index contributed by atoms with van der Waals surface area (Å²) >= 11 is 0. The molecule has 2 aromatic carbocycles. The minimum Gasteiger partial charge on any atom is -0.491 e. The summed E-state index contributed by atoms with van der Waals surface area (Å²) in [5.74, 6) is -0.0285. The van der Waals surface area contributed by atoms with E-state index in [4.69, 9.17) is 9.47 Å². The van der Waals surface area contributed by atoms with Crippen molar-refractivity contribution in [2.24, 2.45) is 10.2 Å². The van der Waals surface area contributed by atoms with Crippen molar-refractivity contribution in [3.8, 4) is 11.5 Å². The molecule has 0 heterocycles. The van der Waals surface area contributed by atoms with E-state index in [0.29, 0.717) is 36.1 Å². The number of Topliss-reactive ketones (excluding diaryl/α,β-unsaturated/α-hetero) is 1. The van der Waals surface area contributed by atoms with Gasteiger partial charge in [0.2, 0.25) is 6.04 Å². The van der Waals surface area contributed by atoms with E-state index in [0.717, 1.165) is 0 Å². The van der Waals surface area contributed by atoms with Gasteiger partial charge in [0, 0.05) is 5.69 Å². The number of rotatable bonds is 9. The quantitative estimate of drug-likeness (QED) is 0.531. The predicted octanol–water partition coefficient (Wildman–Crippen LogP) is 4.16. The van der Waals surface area contributed by atoms with Crippen LogP contribution in [-0.4, -0.2) is 30.9 Å². The Morgan fingerprint density at radius 2 is 1.56 bits per heavy atom. The zero-order valence-corrected chi connectivity index (χ0v) is 15.6. The molecule has 0 aromatic heterocycles. The average Bonchev–Trinajstić information content (AvgIpc) is 2.64. The van der Waals surface area contributed by atoms with Gasteiger partial charge in [-0.25, -0.2) is 0 Å². The molecule has 2 aromatic rings. The fourth-order valence-corrected chi connectivity index (χ4v) is 2.31. The molecule has 0 bridgehead atoms. The van der Waals surface area contributed by atoms with E-state index in [1.807, 2.05) is 19.9 Å². The van der Waals surface area contributed by atoms with Gasteiger partial charge in [0.1, 0.15) is 0 Å². The van der Waals surface area contributed by atoms with E-state index in [2.05, 4.69) is 15.5 Å². The van der Waals surface area contributed by atoms with Crippen LogP contribution in [0.5, 0.6) is 11.5 Å². The third-order valence-corrected chi connectivity index (χ3v) is 3.51. The lowest BCUT2D eigenvalue weighted by Crippen LogP contribution is -2.31. The van der Waals surface area contributed by atoms with Gasteiger partial charge in [-0.05, 0) is 45.0 Å². The third kappa shape index (κ3) is 5.64. The minimum absolute atomic E-state index is 0.347. The summed E-state index contributed by atoms with van der Waals surface area (Å²) in [6, 6.07) is 12.8. The van der Waals surface area contributed by atoms with Crippen molar-refractivity contribution >= 4 is 23.1 Å². The maximum atomic E-state index is 12.4. The van der Waals surface area contributed by atoms with Crippen LogP contribution in [0.4, 0.5) is 11.4 Å². The van der Waals surface area contributed by atoms with Crippen molar-refractivity contribution in [1.82, 2.24) is 0 Å². The van der Waals surface area contributed by atoms with Crippen LogP contribution in [0.2, 0.25) is 0 Å². The van der Waals surface area contributed by atoms with E-state index >= 15 is 0 Å². The lowest BCUT2D eigenvalue weighted by Gasteiger charge is -2.12. The van der Waals surface area contributed by atoms with E-state index in [1.165, 1.54) is 6.92 Å². The zero-order chi connectivity index (χ0) is 19.6. The molecule has 1 atom stereocenters. The Balaban J connectivity index is 2.29. The second kappa shape index (κ2) is 10.1. The maximum absolute atomic E-state index is 12.4. The zero-order valence-electron chi connectivity index (χ0n) is 15.6. The summed E-state index contributed by atoms with van der Waals surface area (Å²) in [6.45, 7) is 5.86. The van der Waals surface area contributed by atoms with Crippen LogP contribution in [0.15, 0.2) is 58.8 Å². The molecule has 0 fully saturated rings. The smallest absolute Gasteiger partial charge is 0.258 e. The first kappa shape index (κ1) is 20.1. The number of hydrogen-bond donors (Lipinski definition) is 1. The number of carbonyl (C=O) groups is 2. The molecule has 0 spiro atoms. The van der Waals surface area contributed by atoms with Gasteiger partial charge in [0.25, 0.3) is 5.91 Å². The van der Waals surface area contributed by atoms with Gasteiger partial charge < -0.3 is 14.8 Å². The van der Waals surface area contributed by atoms with E-state index in [1.54, 1.807) is 42.5 Å². The molecule has 0 saturated heterocycles. The van der Waals surface area contributed by atoms with Gasteiger partial charge in [-0.15, -0.1) is 5.11 Å². The molecule has 0 aliphatic carbocycles. The number of anilines is 1. The average molecular weight is 369 g/mol. The highest BCUT2D eigenvalue weighted by atomic mass is 16.5. The summed E-state index contributed by atoms with van der Waals surface area (Å²) in [5, 5.41) is 10.8. The SMILES string of the molecule is CCOc1cccc(OCC)c1N=NC(C(C)=O)C(=O)Nc1ccccc1. The van der Waals surface area contributed by atoms with E-state index < -0.39 is 17.7 Å². The van der Waals surface area contributed by atoms with Crippen molar-refractivity contribution in [1.29, 1.82) is 0 Å². The fraction of sp³-hybridized carbons (Fsp3) is 0.300. The largest absolute Gasteiger partial charge is 0.491 e. The highest BCUT2D eigenvalue weighted by Crippen LogP contribution is 2.38. The normalized spacial score (nSPS) is 11.8. The number of nitrogens with zero attached hydrogens (tertiary/aromatic N) is 2. The first-order valence-corrected chi connectivity index (χ1v) is 8.72. The van der Waals surface area contributed by atoms with Crippen LogP contribution in [0.3, 0.4) is 0 Å². The molecule has 2 rings (SSSR count). The second-order valence-electron chi connectivity index (χ2n) is 5.55. The highest BCUT2D eigenvalue weighted by molar-refractivity contribution is 6.10. The Bertz CT molecular complexity index is 782. The first-order chi connectivity index (χ1) is 13.1. The lowest BCUT2D eigenvalue weighted by atomic mass is 10.2. The van der Waals surface area contributed by atoms with Crippen molar-refractivity contribution in [2.75, 3.05) is 18.5 Å². The minimum atomic E-state index is -1.27. The summed E-state index contributed by atoms with van der Waals surface area (Å²) in [7, 11) is 0. The predicted molar refractivity (Wildman–Crippen MR) is 103 cm³/mol. The van der Waals surface area contributed by atoms with E-state index in [-0.39, 0.29) is 0 Å². The standard InChI is InChI=1S/C20H23N3O4/c1-4-26-16-12-9-13-17(27-5-2)19(16)23-22-18(14(3)24)20(25)21-15-10-7-6-8-11-15/h6-13,18H,4-5H2,1-3H3,(H,21,25). The number of nitrogens with one attached hydrogen (secondary N) is 1. The van der Waals surface area contributed by atoms with Gasteiger partial charge in [0.05, 0.1) is 13.2 Å². The molecule has 0 aliphatic rings. The highest BCUT2D eigenvalue weighted by Gasteiger charge is 2.24. The molecule has 0 radical (unpaired) electrons. The van der Waals surface area contributed by atoms with Crippen LogP contribution in [-0.2, 0) is 9.59 Å².